The van der Waals surface area contributed by atoms with Crippen molar-refractivity contribution < 1.29 is 9.90 Å². The molecule has 30 heavy (non-hydrogen) atoms. The minimum Gasteiger partial charge on any atom is -0.481 e. The molecule has 2 nitrogen and oxygen atoms in total. The second kappa shape index (κ2) is 8.63. The molecular formula is C27H34O2S. The van der Waals surface area contributed by atoms with E-state index in [1.54, 1.807) is 18.7 Å². The summed E-state index contributed by atoms with van der Waals surface area (Å²) in [6.45, 7) is 13.4. The topological polar surface area (TPSA) is 37.3 Å². The quantitative estimate of drug-likeness (QED) is 0.389. The van der Waals surface area contributed by atoms with Crippen molar-refractivity contribution in [3.05, 3.63) is 64.7 Å². The van der Waals surface area contributed by atoms with Crippen LogP contribution in [0.15, 0.2) is 47.4 Å². The highest BCUT2D eigenvalue weighted by Gasteiger charge is 2.36. The molecule has 0 heterocycles. The first kappa shape index (κ1) is 22.7. The minimum absolute atomic E-state index is 0.215. The van der Waals surface area contributed by atoms with E-state index >= 15 is 0 Å². The molecule has 0 spiro atoms. The van der Waals surface area contributed by atoms with E-state index in [9.17, 15) is 4.79 Å². The summed E-state index contributed by atoms with van der Waals surface area (Å²) in [5, 5.41) is 9.03. The molecule has 1 unspecified atom stereocenters. The lowest BCUT2D eigenvalue weighted by Crippen LogP contribution is -2.33. The maximum atomic E-state index is 11.0. The van der Waals surface area contributed by atoms with Gasteiger partial charge >= 0.3 is 5.97 Å². The smallest absolute Gasteiger partial charge is 0.307 e. The average Bonchev–Trinajstić information content (AvgIpc) is 2.70. The molecule has 1 atom stereocenters. The molecule has 1 N–H and O–H groups in total. The van der Waals surface area contributed by atoms with E-state index in [0.717, 1.165) is 4.90 Å². The van der Waals surface area contributed by atoms with Crippen molar-refractivity contribution in [2.75, 3.05) is 5.75 Å². The third-order valence-electron chi connectivity index (χ3n) is 6.49. The van der Waals surface area contributed by atoms with Crippen LogP contribution in [0.5, 0.6) is 0 Å². The highest BCUT2D eigenvalue weighted by molar-refractivity contribution is 7.99. The van der Waals surface area contributed by atoms with Crippen molar-refractivity contribution in [2.24, 2.45) is 5.92 Å². The van der Waals surface area contributed by atoms with Gasteiger partial charge < -0.3 is 5.11 Å². The number of benzene rings is 2. The Labute approximate surface area is 185 Å². The van der Waals surface area contributed by atoms with Crippen molar-refractivity contribution in [3.8, 4) is 0 Å². The Morgan fingerprint density at radius 2 is 1.63 bits per heavy atom. The molecule has 0 aromatic heterocycles. The Balaban J connectivity index is 1.80. The number of aliphatic carboxylic acids is 1. The van der Waals surface area contributed by atoms with Gasteiger partial charge in [-0.1, -0.05) is 71.0 Å². The number of thioether (sulfide) groups is 1. The summed E-state index contributed by atoms with van der Waals surface area (Å²) in [6, 6.07) is 15.4. The van der Waals surface area contributed by atoms with E-state index in [4.69, 9.17) is 5.11 Å². The van der Waals surface area contributed by atoms with E-state index < -0.39 is 5.97 Å². The average molecular weight is 423 g/mol. The lowest BCUT2D eigenvalue weighted by Gasteiger charge is -2.42. The molecule has 160 valence electrons. The molecule has 1 aliphatic rings. The monoisotopic (exact) mass is 422 g/mol. The Hall–Kier alpha value is -2.00. The summed E-state index contributed by atoms with van der Waals surface area (Å²) in [7, 11) is 0. The van der Waals surface area contributed by atoms with Gasteiger partial charge in [0.2, 0.25) is 0 Å². The lowest BCUT2D eigenvalue weighted by molar-refractivity contribution is -0.140. The Bertz CT molecular complexity index is 951. The maximum Gasteiger partial charge on any atom is 0.307 e. The minimum atomic E-state index is -0.741. The maximum absolute atomic E-state index is 11.0. The number of carboxylic acids is 1. The summed E-state index contributed by atoms with van der Waals surface area (Å²) in [6.07, 6.45) is 4.69. The standard InChI is InChI=1S/C27H34O2S/c1-18(15-20-7-10-22(11-8-20)30-17-19(2)25(28)29)21-9-12-23-24(16-21)27(5,6)14-13-26(23,3)4/h7-12,15-16,19H,13-14,17H2,1-6H3,(H,28,29)/b18-15+. The van der Waals surface area contributed by atoms with Gasteiger partial charge in [-0.3, -0.25) is 4.79 Å². The number of carbonyl (C=O) groups is 1. The van der Waals surface area contributed by atoms with E-state index in [1.807, 2.05) is 0 Å². The molecule has 2 aromatic rings. The largest absolute Gasteiger partial charge is 0.481 e. The van der Waals surface area contributed by atoms with Gasteiger partial charge in [0, 0.05) is 10.6 Å². The number of hydrogen-bond donors (Lipinski definition) is 1. The number of carboxylic acid groups (broad SMARTS) is 1. The van der Waals surface area contributed by atoms with Gasteiger partial charge in [-0.2, -0.15) is 0 Å². The molecule has 0 bridgehead atoms. The fourth-order valence-electron chi connectivity index (χ4n) is 4.12. The van der Waals surface area contributed by atoms with E-state index in [2.05, 4.69) is 83.2 Å². The SMILES string of the molecule is C/C(=C\c1ccc(SCC(C)C(=O)O)cc1)c1ccc2c(c1)C(C)(C)CCC2(C)C. The number of rotatable bonds is 6. The summed E-state index contributed by atoms with van der Waals surface area (Å²) < 4.78 is 0. The van der Waals surface area contributed by atoms with Gasteiger partial charge in [-0.05, 0) is 70.6 Å². The van der Waals surface area contributed by atoms with Gasteiger partial charge in [0.05, 0.1) is 5.92 Å². The molecule has 0 aliphatic heterocycles. The van der Waals surface area contributed by atoms with E-state index in [1.165, 1.54) is 40.7 Å². The van der Waals surface area contributed by atoms with Crippen molar-refractivity contribution in [1.82, 2.24) is 0 Å². The first-order valence-electron chi connectivity index (χ1n) is 10.8. The van der Waals surface area contributed by atoms with Gasteiger partial charge in [-0.25, -0.2) is 0 Å². The van der Waals surface area contributed by atoms with Crippen molar-refractivity contribution in [2.45, 2.75) is 70.1 Å². The predicted octanol–water partition coefficient (Wildman–Crippen LogP) is 7.41. The van der Waals surface area contributed by atoms with Crippen molar-refractivity contribution in [3.63, 3.8) is 0 Å². The van der Waals surface area contributed by atoms with Crippen LogP contribution in [-0.2, 0) is 15.6 Å². The first-order valence-corrected chi connectivity index (χ1v) is 11.8. The third-order valence-corrected chi connectivity index (χ3v) is 7.77. The van der Waals surface area contributed by atoms with Gasteiger partial charge in [0.15, 0.2) is 0 Å². The second-order valence-electron chi connectivity index (χ2n) is 9.97. The first-order chi connectivity index (χ1) is 14.0. The summed E-state index contributed by atoms with van der Waals surface area (Å²) in [5.41, 5.74) is 7.15. The van der Waals surface area contributed by atoms with Crippen molar-refractivity contribution in [1.29, 1.82) is 0 Å². The lowest BCUT2D eigenvalue weighted by atomic mass is 9.63. The second-order valence-corrected chi connectivity index (χ2v) is 11.1. The van der Waals surface area contributed by atoms with Crippen LogP contribution in [0.1, 0.15) is 76.6 Å². The zero-order valence-corrected chi connectivity index (χ0v) is 19.9. The van der Waals surface area contributed by atoms with Crippen LogP contribution >= 0.6 is 11.8 Å². The molecular weight excluding hydrogens is 388 g/mol. The summed E-state index contributed by atoms with van der Waals surface area (Å²) >= 11 is 1.59. The normalized spacial score (nSPS) is 18.5. The van der Waals surface area contributed by atoms with Crippen LogP contribution in [0.3, 0.4) is 0 Å². The molecule has 3 rings (SSSR count). The van der Waals surface area contributed by atoms with Crippen LogP contribution in [0, 0.1) is 5.92 Å². The van der Waals surface area contributed by atoms with Gasteiger partial charge in [-0.15, -0.1) is 11.8 Å². The van der Waals surface area contributed by atoms with Crippen LogP contribution in [0.2, 0.25) is 0 Å². The molecule has 0 fully saturated rings. The zero-order valence-electron chi connectivity index (χ0n) is 19.1. The van der Waals surface area contributed by atoms with Crippen LogP contribution in [0.4, 0.5) is 0 Å². The summed E-state index contributed by atoms with van der Waals surface area (Å²) in [4.78, 5) is 12.1. The number of allylic oxidation sites excluding steroid dienone is 1. The van der Waals surface area contributed by atoms with E-state index in [-0.39, 0.29) is 16.7 Å². The highest BCUT2D eigenvalue weighted by atomic mass is 32.2. The fraction of sp³-hybridized carbons (Fsp3) is 0.444. The van der Waals surface area contributed by atoms with Gasteiger partial charge in [0.25, 0.3) is 0 Å². The molecule has 0 amide bonds. The number of hydrogen-bond acceptors (Lipinski definition) is 2. The van der Waals surface area contributed by atoms with Crippen LogP contribution in [-0.4, -0.2) is 16.8 Å². The fourth-order valence-corrected chi connectivity index (χ4v) is 5.03. The third kappa shape index (κ3) is 5.00. The number of fused-ring (bicyclic) bond motifs is 1. The Morgan fingerprint density at radius 3 is 2.23 bits per heavy atom. The molecule has 3 heteroatoms. The molecule has 1 aliphatic carbocycles. The summed E-state index contributed by atoms with van der Waals surface area (Å²) in [5.74, 6) is -0.491. The van der Waals surface area contributed by atoms with E-state index in [0.29, 0.717) is 5.75 Å². The molecule has 0 saturated carbocycles. The Morgan fingerprint density at radius 1 is 1.03 bits per heavy atom. The highest BCUT2D eigenvalue weighted by Crippen LogP contribution is 2.46. The Kier molecular flexibility index (Phi) is 6.52. The van der Waals surface area contributed by atoms with Crippen molar-refractivity contribution >= 4 is 29.4 Å². The molecule has 0 saturated heterocycles. The predicted molar refractivity (Wildman–Crippen MR) is 129 cm³/mol. The van der Waals surface area contributed by atoms with Crippen LogP contribution < -0.4 is 0 Å². The molecule has 0 radical (unpaired) electrons. The molecule has 2 aromatic carbocycles. The van der Waals surface area contributed by atoms with Crippen LogP contribution in [0.25, 0.3) is 11.6 Å². The zero-order chi connectivity index (χ0) is 22.1. The van der Waals surface area contributed by atoms with Gasteiger partial charge in [0.1, 0.15) is 0 Å².